The van der Waals surface area contributed by atoms with E-state index in [2.05, 4.69) is 54.5 Å². The van der Waals surface area contributed by atoms with Crippen LogP contribution in [0, 0.1) is 50.2 Å². The normalized spacial score (nSPS) is 54.7. The van der Waals surface area contributed by atoms with Gasteiger partial charge in [0.2, 0.25) is 0 Å². The van der Waals surface area contributed by atoms with Crippen LogP contribution >= 0.6 is 0 Å². The van der Waals surface area contributed by atoms with Crippen LogP contribution in [-0.4, -0.2) is 28.7 Å². The van der Waals surface area contributed by atoms with Crippen molar-refractivity contribution in [1.29, 1.82) is 0 Å². The maximum absolute atomic E-state index is 12.6. The summed E-state index contributed by atoms with van der Waals surface area (Å²) >= 11 is 0. The van der Waals surface area contributed by atoms with Crippen LogP contribution in [0.4, 0.5) is 0 Å². The number of fused-ring (bicyclic) bond motifs is 7. The molecule has 0 aromatic rings. The SMILES string of the molecule is CC1(C)CC[C@]2(C=O)[C@@H](O)C[C@]3(C)C(=CC[C@H]4[C@@]5(C)CC[C@H](O)C(C)(C)[C@H]5CC[C@]43C)[C@@H]2C1. The number of aliphatic hydroxyl groups excluding tert-OH is 2. The summed E-state index contributed by atoms with van der Waals surface area (Å²) in [5.74, 6) is 1.25. The molecule has 0 heterocycles. The van der Waals surface area contributed by atoms with E-state index in [0.29, 0.717) is 18.3 Å². The summed E-state index contributed by atoms with van der Waals surface area (Å²) < 4.78 is 0. The molecule has 0 aromatic carbocycles. The molecular weight excluding hydrogens is 408 g/mol. The van der Waals surface area contributed by atoms with Crippen molar-refractivity contribution in [2.75, 3.05) is 0 Å². The van der Waals surface area contributed by atoms with Crippen LogP contribution in [0.2, 0.25) is 0 Å². The van der Waals surface area contributed by atoms with Gasteiger partial charge in [0.15, 0.2) is 0 Å². The molecule has 186 valence electrons. The van der Waals surface area contributed by atoms with E-state index in [1.165, 1.54) is 5.57 Å². The standard InChI is InChI=1S/C30H48O3/c1-25(2)14-15-30(18-31)20(16-25)19-8-9-22-27(5)12-11-23(32)26(3,4)21(27)10-13-28(22,6)29(19,7)17-24(30)33/h8,18,20-24,32-33H,9-17H2,1-7H3/t20-,21+,22-,23-,24-,27-,28+,29+,30+/m0/s1. The summed E-state index contributed by atoms with van der Waals surface area (Å²) in [5.41, 5.74) is 1.31. The molecular formula is C30H48O3. The number of rotatable bonds is 1. The number of aldehydes is 1. The number of carbonyl (C=O) groups excluding carboxylic acids is 1. The van der Waals surface area contributed by atoms with Crippen molar-refractivity contribution >= 4 is 6.29 Å². The van der Waals surface area contributed by atoms with Gasteiger partial charge < -0.3 is 15.0 Å². The lowest BCUT2D eigenvalue weighted by atomic mass is 9.33. The van der Waals surface area contributed by atoms with E-state index < -0.39 is 11.5 Å². The molecule has 33 heavy (non-hydrogen) atoms. The van der Waals surface area contributed by atoms with Gasteiger partial charge in [-0.1, -0.05) is 60.1 Å². The highest BCUT2D eigenvalue weighted by atomic mass is 16.3. The second kappa shape index (κ2) is 6.96. The zero-order chi connectivity index (χ0) is 24.2. The lowest BCUT2D eigenvalue weighted by Gasteiger charge is -2.71. The van der Waals surface area contributed by atoms with Gasteiger partial charge >= 0.3 is 0 Å². The van der Waals surface area contributed by atoms with Gasteiger partial charge in [-0.05, 0) is 103 Å². The Morgan fingerprint density at radius 1 is 0.848 bits per heavy atom. The van der Waals surface area contributed by atoms with Crippen molar-refractivity contribution in [1.82, 2.24) is 0 Å². The Morgan fingerprint density at radius 2 is 1.55 bits per heavy atom. The minimum atomic E-state index is -0.595. The molecule has 0 aliphatic heterocycles. The van der Waals surface area contributed by atoms with E-state index in [-0.39, 0.29) is 39.1 Å². The fraction of sp³-hybridized carbons (Fsp3) is 0.900. The van der Waals surface area contributed by atoms with Crippen molar-refractivity contribution in [2.24, 2.45) is 50.2 Å². The Labute approximate surface area is 201 Å². The molecule has 4 fully saturated rings. The number of carbonyl (C=O) groups is 1. The molecule has 5 rings (SSSR count). The second-order valence-electron chi connectivity index (χ2n) is 15.0. The Bertz CT molecular complexity index is 872. The van der Waals surface area contributed by atoms with Gasteiger partial charge in [-0.3, -0.25) is 0 Å². The summed E-state index contributed by atoms with van der Waals surface area (Å²) in [6, 6.07) is 0. The van der Waals surface area contributed by atoms with Crippen LogP contribution in [0.3, 0.4) is 0 Å². The summed E-state index contributed by atoms with van der Waals surface area (Å²) in [6.45, 7) is 16.8. The molecule has 3 heteroatoms. The van der Waals surface area contributed by atoms with Gasteiger partial charge in [0.1, 0.15) is 6.29 Å². The first kappa shape index (κ1) is 24.0. The van der Waals surface area contributed by atoms with E-state index in [1.807, 2.05) is 0 Å². The van der Waals surface area contributed by atoms with Gasteiger partial charge in [-0.15, -0.1) is 0 Å². The maximum Gasteiger partial charge on any atom is 0.129 e. The Hall–Kier alpha value is -0.670. The number of hydrogen-bond acceptors (Lipinski definition) is 3. The van der Waals surface area contributed by atoms with E-state index in [0.717, 1.165) is 57.7 Å². The van der Waals surface area contributed by atoms with Crippen molar-refractivity contribution in [3.63, 3.8) is 0 Å². The van der Waals surface area contributed by atoms with Gasteiger partial charge in [0.25, 0.3) is 0 Å². The Morgan fingerprint density at radius 3 is 2.21 bits per heavy atom. The first-order valence-electron chi connectivity index (χ1n) is 13.7. The van der Waals surface area contributed by atoms with Crippen LogP contribution in [0.15, 0.2) is 11.6 Å². The van der Waals surface area contributed by atoms with Crippen LogP contribution in [0.1, 0.15) is 106 Å². The Kier molecular flexibility index (Phi) is 5.07. The van der Waals surface area contributed by atoms with Crippen LogP contribution in [-0.2, 0) is 4.79 Å². The highest BCUT2D eigenvalue weighted by Crippen LogP contribution is 2.75. The number of allylic oxidation sites excluding steroid dienone is 2. The molecule has 9 atom stereocenters. The lowest BCUT2D eigenvalue weighted by Crippen LogP contribution is -2.66. The predicted octanol–water partition coefficient (Wildman–Crippen LogP) is 6.32. The monoisotopic (exact) mass is 456 g/mol. The van der Waals surface area contributed by atoms with Gasteiger partial charge in [0.05, 0.1) is 17.6 Å². The van der Waals surface area contributed by atoms with Crippen molar-refractivity contribution < 1.29 is 15.0 Å². The molecule has 5 aliphatic rings. The molecule has 2 N–H and O–H groups in total. The summed E-state index contributed by atoms with van der Waals surface area (Å²) in [4.78, 5) is 12.6. The molecule has 0 spiro atoms. The zero-order valence-electron chi connectivity index (χ0n) is 22.2. The van der Waals surface area contributed by atoms with E-state index >= 15 is 0 Å². The minimum absolute atomic E-state index is 0.0502. The highest BCUT2D eigenvalue weighted by molar-refractivity contribution is 5.64. The van der Waals surface area contributed by atoms with E-state index in [1.54, 1.807) is 0 Å². The lowest BCUT2D eigenvalue weighted by molar-refractivity contribution is -0.213. The summed E-state index contributed by atoms with van der Waals surface area (Å²) in [6.07, 6.45) is 11.9. The number of hydrogen-bond donors (Lipinski definition) is 2. The van der Waals surface area contributed by atoms with Crippen LogP contribution < -0.4 is 0 Å². The average Bonchev–Trinajstić information content (AvgIpc) is 2.71. The van der Waals surface area contributed by atoms with E-state index in [4.69, 9.17) is 0 Å². The molecule has 4 saturated carbocycles. The summed E-state index contributed by atoms with van der Waals surface area (Å²) in [5, 5.41) is 22.5. The van der Waals surface area contributed by atoms with Gasteiger partial charge in [-0.2, -0.15) is 0 Å². The topological polar surface area (TPSA) is 57.5 Å². The third kappa shape index (κ3) is 2.85. The van der Waals surface area contributed by atoms with E-state index in [9.17, 15) is 15.0 Å². The molecule has 5 aliphatic carbocycles. The molecule has 0 saturated heterocycles. The van der Waals surface area contributed by atoms with Gasteiger partial charge in [-0.25, -0.2) is 0 Å². The fourth-order valence-corrected chi connectivity index (χ4v) is 10.6. The predicted molar refractivity (Wildman–Crippen MR) is 132 cm³/mol. The first-order valence-corrected chi connectivity index (χ1v) is 13.7. The largest absolute Gasteiger partial charge is 0.393 e. The number of aliphatic hydroxyl groups is 2. The highest BCUT2D eigenvalue weighted by Gasteiger charge is 2.69. The minimum Gasteiger partial charge on any atom is -0.393 e. The fourth-order valence-electron chi connectivity index (χ4n) is 10.6. The maximum atomic E-state index is 12.6. The molecule has 0 bridgehead atoms. The van der Waals surface area contributed by atoms with Crippen molar-refractivity contribution in [2.45, 2.75) is 118 Å². The van der Waals surface area contributed by atoms with Crippen LogP contribution in [0.5, 0.6) is 0 Å². The third-order valence-electron chi connectivity index (χ3n) is 13.0. The molecule has 0 aromatic heterocycles. The third-order valence-corrected chi connectivity index (χ3v) is 13.0. The van der Waals surface area contributed by atoms with Crippen LogP contribution in [0.25, 0.3) is 0 Å². The van der Waals surface area contributed by atoms with Crippen molar-refractivity contribution in [3.8, 4) is 0 Å². The van der Waals surface area contributed by atoms with Gasteiger partial charge in [0, 0.05) is 0 Å². The molecule has 0 radical (unpaired) electrons. The Balaban J connectivity index is 1.62. The zero-order valence-corrected chi connectivity index (χ0v) is 22.2. The average molecular weight is 457 g/mol. The quantitative estimate of drug-likeness (QED) is 0.359. The summed E-state index contributed by atoms with van der Waals surface area (Å²) in [7, 11) is 0. The molecule has 0 unspecified atom stereocenters. The first-order chi connectivity index (χ1) is 15.2. The smallest absolute Gasteiger partial charge is 0.129 e. The second-order valence-corrected chi connectivity index (χ2v) is 15.0. The molecule has 3 nitrogen and oxygen atoms in total. The molecule has 0 amide bonds. The van der Waals surface area contributed by atoms with Crippen molar-refractivity contribution in [3.05, 3.63) is 11.6 Å².